The predicted molar refractivity (Wildman–Crippen MR) is 110 cm³/mol. The molecule has 1 saturated heterocycles. The largest absolute Gasteiger partial charge is 0.493 e. The van der Waals surface area contributed by atoms with Crippen molar-refractivity contribution >= 4 is 17.7 Å². The Morgan fingerprint density at radius 1 is 1.10 bits per heavy atom. The zero-order valence-electron chi connectivity index (χ0n) is 17.7. The number of fused-ring (bicyclic) bond motifs is 5. The number of rotatable bonds is 8. The summed E-state index contributed by atoms with van der Waals surface area (Å²) >= 11 is 0. The number of carbonyl (C=O) groups excluding carboxylic acids is 3. The van der Waals surface area contributed by atoms with E-state index >= 15 is 0 Å². The molecule has 0 radical (unpaired) electrons. The number of ether oxygens (including phenoxy) is 2. The van der Waals surface area contributed by atoms with Gasteiger partial charge in [-0.15, -0.1) is 0 Å². The SMILES string of the molecule is CCOc1ccc(CN(CC)C(=O)CN2C(=O)C3C4C=CC(C4)C3C2=O)cc1OC. The summed E-state index contributed by atoms with van der Waals surface area (Å²) in [5.41, 5.74) is 0.892. The average Bonchev–Trinajstić information content (AvgIpc) is 3.43. The van der Waals surface area contributed by atoms with Gasteiger partial charge in [-0.25, -0.2) is 0 Å². The third kappa shape index (κ3) is 3.36. The Kier molecular flexibility index (Phi) is 5.54. The van der Waals surface area contributed by atoms with Gasteiger partial charge in [-0.1, -0.05) is 18.2 Å². The Hall–Kier alpha value is -2.83. The molecule has 1 heterocycles. The smallest absolute Gasteiger partial charge is 0.243 e. The van der Waals surface area contributed by atoms with E-state index in [1.807, 2.05) is 32.0 Å². The van der Waals surface area contributed by atoms with Gasteiger partial charge in [0.1, 0.15) is 6.54 Å². The molecule has 1 aromatic rings. The van der Waals surface area contributed by atoms with Crippen LogP contribution in [0.15, 0.2) is 30.4 Å². The van der Waals surface area contributed by atoms with Gasteiger partial charge < -0.3 is 14.4 Å². The summed E-state index contributed by atoms with van der Waals surface area (Å²) < 4.78 is 10.9. The van der Waals surface area contributed by atoms with Gasteiger partial charge >= 0.3 is 0 Å². The highest BCUT2D eigenvalue weighted by atomic mass is 16.5. The lowest BCUT2D eigenvalue weighted by Crippen LogP contribution is -2.43. The number of hydrogen-bond acceptors (Lipinski definition) is 5. The third-order valence-electron chi connectivity index (χ3n) is 6.49. The second-order valence-electron chi connectivity index (χ2n) is 8.09. The normalized spacial score (nSPS) is 26.3. The molecule has 7 heteroatoms. The van der Waals surface area contributed by atoms with E-state index in [-0.39, 0.29) is 47.9 Å². The zero-order chi connectivity index (χ0) is 21.4. The average molecular weight is 412 g/mol. The molecule has 3 amide bonds. The molecule has 30 heavy (non-hydrogen) atoms. The molecule has 1 aliphatic heterocycles. The Balaban J connectivity index is 1.44. The number of likely N-dealkylation sites (N-methyl/N-ethyl adjacent to an activating group) is 1. The lowest BCUT2D eigenvalue weighted by atomic mass is 9.85. The first-order chi connectivity index (χ1) is 14.5. The van der Waals surface area contributed by atoms with Crippen LogP contribution in [0.4, 0.5) is 0 Å². The van der Waals surface area contributed by atoms with E-state index in [1.165, 1.54) is 4.90 Å². The van der Waals surface area contributed by atoms with Crippen LogP contribution in [0, 0.1) is 23.7 Å². The van der Waals surface area contributed by atoms with Gasteiger partial charge in [-0.2, -0.15) is 0 Å². The van der Waals surface area contributed by atoms with Gasteiger partial charge in [-0.3, -0.25) is 19.3 Å². The fourth-order valence-corrected chi connectivity index (χ4v) is 5.04. The lowest BCUT2D eigenvalue weighted by Gasteiger charge is -2.25. The molecule has 0 spiro atoms. The highest BCUT2D eigenvalue weighted by molar-refractivity contribution is 6.08. The summed E-state index contributed by atoms with van der Waals surface area (Å²) in [6.07, 6.45) is 5.00. The minimum atomic E-state index is -0.272. The molecule has 1 aromatic carbocycles. The number of imide groups is 1. The fraction of sp³-hybridized carbons (Fsp3) is 0.522. The summed E-state index contributed by atoms with van der Waals surface area (Å²) in [6, 6.07) is 5.57. The van der Waals surface area contributed by atoms with E-state index in [0.717, 1.165) is 12.0 Å². The van der Waals surface area contributed by atoms with Crippen LogP contribution in [0.1, 0.15) is 25.8 Å². The minimum absolute atomic E-state index is 0.148. The molecule has 2 aliphatic carbocycles. The Bertz CT molecular complexity index is 866. The Morgan fingerprint density at radius 3 is 2.33 bits per heavy atom. The summed E-state index contributed by atoms with van der Waals surface area (Å²) in [5, 5.41) is 0. The molecule has 2 fully saturated rings. The second-order valence-corrected chi connectivity index (χ2v) is 8.09. The van der Waals surface area contributed by atoms with Crippen molar-refractivity contribution in [2.45, 2.75) is 26.8 Å². The van der Waals surface area contributed by atoms with E-state index in [0.29, 0.717) is 31.2 Å². The van der Waals surface area contributed by atoms with Gasteiger partial charge in [0.25, 0.3) is 0 Å². The molecular formula is C23H28N2O5. The van der Waals surface area contributed by atoms with Crippen LogP contribution < -0.4 is 9.47 Å². The van der Waals surface area contributed by atoms with Crippen LogP contribution in [0.5, 0.6) is 11.5 Å². The van der Waals surface area contributed by atoms with Crippen molar-refractivity contribution in [1.29, 1.82) is 0 Å². The standard InChI is InChI=1S/C23H28N2O5/c1-4-24(12-14-6-9-17(30-5-2)18(10-14)29-3)19(26)13-25-22(27)20-15-7-8-16(11-15)21(20)23(25)28/h6-10,15-16,20-21H,4-5,11-13H2,1-3H3. The van der Waals surface area contributed by atoms with Crippen molar-refractivity contribution in [3.63, 3.8) is 0 Å². The molecule has 160 valence electrons. The highest BCUT2D eigenvalue weighted by Crippen LogP contribution is 2.52. The van der Waals surface area contributed by atoms with Crippen molar-refractivity contribution in [1.82, 2.24) is 9.80 Å². The number of amides is 3. The number of benzene rings is 1. The molecule has 0 N–H and O–H groups in total. The second kappa shape index (κ2) is 8.13. The third-order valence-corrected chi connectivity index (χ3v) is 6.49. The van der Waals surface area contributed by atoms with E-state index < -0.39 is 0 Å². The summed E-state index contributed by atoms with van der Waals surface area (Å²) in [7, 11) is 1.58. The topological polar surface area (TPSA) is 76.2 Å². The van der Waals surface area contributed by atoms with Crippen molar-refractivity contribution in [3.8, 4) is 11.5 Å². The van der Waals surface area contributed by atoms with Crippen molar-refractivity contribution < 1.29 is 23.9 Å². The maximum absolute atomic E-state index is 13.0. The van der Waals surface area contributed by atoms with Crippen molar-refractivity contribution in [3.05, 3.63) is 35.9 Å². The summed E-state index contributed by atoms with van der Waals surface area (Å²) in [5.74, 6) is 0.414. The van der Waals surface area contributed by atoms with Gasteiger partial charge in [0.2, 0.25) is 17.7 Å². The highest BCUT2D eigenvalue weighted by Gasteiger charge is 2.59. The summed E-state index contributed by atoms with van der Waals surface area (Å²) in [4.78, 5) is 41.5. The van der Waals surface area contributed by atoms with Gasteiger partial charge in [0, 0.05) is 13.1 Å². The monoisotopic (exact) mass is 412 g/mol. The van der Waals surface area contributed by atoms with E-state index in [9.17, 15) is 14.4 Å². The fourth-order valence-electron chi connectivity index (χ4n) is 5.04. The van der Waals surface area contributed by atoms with Gasteiger partial charge in [0.15, 0.2) is 11.5 Å². The number of allylic oxidation sites excluding steroid dienone is 2. The molecule has 3 aliphatic rings. The molecule has 4 atom stereocenters. The number of nitrogens with zero attached hydrogens (tertiary/aromatic N) is 2. The predicted octanol–water partition coefficient (Wildman–Crippen LogP) is 2.25. The molecule has 4 rings (SSSR count). The molecule has 2 bridgehead atoms. The van der Waals surface area contributed by atoms with Crippen LogP contribution in [-0.4, -0.2) is 54.3 Å². The molecule has 0 aromatic heterocycles. The van der Waals surface area contributed by atoms with Crippen LogP contribution in [0.3, 0.4) is 0 Å². The van der Waals surface area contributed by atoms with E-state index in [4.69, 9.17) is 9.47 Å². The van der Waals surface area contributed by atoms with Crippen LogP contribution in [0.25, 0.3) is 0 Å². The maximum atomic E-state index is 13.0. The quantitative estimate of drug-likeness (QED) is 0.484. The van der Waals surface area contributed by atoms with Crippen molar-refractivity contribution in [2.24, 2.45) is 23.7 Å². The molecule has 1 saturated carbocycles. The first kappa shape index (κ1) is 20.4. The Labute approximate surface area is 176 Å². The lowest BCUT2D eigenvalue weighted by molar-refractivity contribution is -0.147. The maximum Gasteiger partial charge on any atom is 0.243 e. The van der Waals surface area contributed by atoms with E-state index in [1.54, 1.807) is 12.0 Å². The molecular weight excluding hydrogens is 384 g/mol. The number of methoxy groups -OCH3 is 1. The van der Waals surface area contributed by atoms with Crippen LogP contribution >= 0.6 is 0 Å². The van der Waals surface area contributed by atoms with Crippen molar-refractivity contribution in [2.75, 3.05) is 26.8 Å². The first-order valence-corrected chi connectivity index (χ1v) is 10.6. The summed E-state index contributed by atoms with van der Waals surface area (Å²) in [6.45, 7) is 4.98. The minimum Gasteiger partial charge on any atom is -0.493 e. The number of carbonyl (C=O) groups is 3. The first-order valence-electron chi connectivity index (χ1n) is 10.6. The molecule has 7 nitrogen and oxygen atoms in total. The zero-order valence-corrected chi connectivity index (χ0v) is 17.7. The van der Waals surface area contributed by atoms with E-state index in [2.05, 4.69) is 12.2 Å². The number of hydrogen-bond donors (Lipinski definition) is 0. The Morgan fingerprint density at radius 2 is 1.77 bits per heavy atom. The van der Waals surface area contributed by atoms with Gasteiger partial charge in [0.05, 0.1) is 25.6 Å². The van der Waals surface area contributed by atoms with Crippen LogP contribution in [0.2, 0.25) is 0 Å². The molecule has 4 unspecified atom stereocenters. The van der Waals surface area contributed by atoms with Crippen LogP contribution in [-0.2, 0) is 20.9 Å². The number of likely N-dealkylation sites (tertiary alicyclic amines) is 1. The van der Waals surface area contributed by atoms with Gasteiger partial charge in [-0.05, 0) is 49.8 Å².